The summed E-state index contributed by atoms with van der Waals surface area (Å²) in [6.07, 6.45) is 2.09. The predicted molar refractivity (Wildman–Crippen MR) is 123 cm³/mol. The molecule has 0 unspecified atom stereocenters. The summed E-state index contributed by atoms with van der Waals surface area (Å²) in [6, 6.07) is 15.9. The molecule has 4 rings (SSSR count). The highest BCUT2D eigenvalue weighted by atomic mass is 35.5. The van der Waals surface area contributed by atoms with Crippen LogP contribution in [0.4, 0.5) is 0 Å². The van der Waals surface area contributed by atoms with Crippen molar-refractivity contribution in [2.24, 2.45) is 0 Å². The number of halogens is 1. The van der Waals surface area contributed by atoms with Crippen molar-refractivity contribution in [2.45, 2.75) is 38.0 Å². The Bertz CT molecular complexity index is 972. The van der Waals surface area contributed by atoms with Crippen LogP contribution in [0.3, 0.4) is 0 Å². The van der Waals surface area contributed by atoms with Gasteiger partial charge in [-0.1, -0.05) is 35.9 Å². The van der Waals surface area contributed by atoms with Crippen LogP contribution in [0.25, 0.3) is 11.4 Å². The number of piperidine rings is 1. The molecular weight excluding hydrogens is 428 g/mol. The summed E-state index contributed by atoms with van der Waals surface area (Å²) in [5.41, 5.74) is 1.00. The summed E-state index contributed by atoms with van der Waals surface area (Å²) in [5.74, 6) is 1.08. The van der Waals surface area contributed by atoms with Crippen LogP contribution in [0.15, 0.2) is 48.5 Å². The van der Waals surface area contributed by atoms with E-state index in [1.54, 1.807) is 6.92 Å². The second kappa shape index (κ2) is 10.4. The van der Waals surface area contributed by atoms with E-state index in [0.717, 1.165) is 43.1 Å². The smallest absolute Gasteiger partial charge is 0.208 e. The third-order valence-corrected chi connectivity index (χ3v) is 5.94. The van der Waals surface area contributed by atoms with Crippen molar-refractivity contribution in [3.8, 4) is 17.1 Å². The molecule has 1 aliphatic heterocycles. The Morgan fingerprint density at radius 1 is 1.19 bits per heavy atom. The number of H-pyrrole nitrogens is 1. The Labute approximate surface area is 192 Å². The molecule has 0 amide bonds. The zero-order valence-electron chi connectivity index (χ0n) is 18.2. The number of tetrazole rings is 1. The molecule has 1 saturated heterocycles. The fourth-order valence-corrected chi connectivity index (χ4v) is 3.97. The van der Waals surface area contributed by atoms with E-state index in [4.69, 9.17) is 16.3 Å². The number of benzene rings is 2. The number of para-hydroxylation sites is 1. The Morgan fingerprint density at radius 3 is 2.66 bits per heavy atom. The Kier molecular flexibility index (Phi) is 7.36. The highest BCUT2D eigenvalue weighted by Gasteiger charge is 2.26. The van der Waals surface area contributed by atoms with Gasteiger partial charge in [0.2, 0.25) is 5.82 Å². The number of nitrogens with one attached hydrogen (secondary N) is 2. The van der Waals surface area contributed by atoms with Gasteiger partial charge in [0, 0.05) is 24.2 Å². The first-order valence-electron chi connectivity index (χ1n) is 10.9. The van der Waals surface area contributed by atoms with Gasteiger partial charge in [0.05, 0.1) is 5.56 Å². The van der Waals surface area contributed by atoms with Crippen molar-refractivity contribution in [2.75, 3.05) is 26.2 Å². The van der Waals surface area contributed by atoms with Gasteiger partial charge in [-0.15, -0.1) is 10.2 Å². The highest BCUT2D eigenvalue weighted by molar-refractivity contribution is 6.30. The molecule has 0 saturated carbocycles. The summed E-state index contributed by atoms with van der Waals surface area (Å²) in [7, 11) is 0. The number of aromatic amines is 1. The van der Waals surface area contributed by atoms with Gasteiger partial charge in [-0.2, -0.15) is 5.21 Å². The maximum absolute atomic E-state index is 10.8. The van der Waals surface area contributed by atoms with E-state index in [1.165, 1.54) is 5.56 Å². The largest absolute Gasteiger partial charge is 0.490 e. The van der Waals surface area contributed by atoms with Gasteiger partial charge in [0.25, 0.3) is 0 Å². The number of aliphatic hydroxyl groups is 1. The van der Waals surface area contributed by atoms with E-state index in [0.29, 0.717) is 24.2 Å². The molecule has 1 atom stereocenters. The molecule has 9 heteroatoms. The molecule has 0 bridgehead atoms. The van der Waals surface area contributed by atoms with Gasteiger partial charge in [-0.3, -0.25) is 4.90 Å². The van der Waals surface area contributed by atoms with Crippen LogP contribution in [0.1, 0.15) is 25.3 Å². The minimum Gasteiger partial charge on any atom is -0.490 e. The highest BCUT2D eigenvalue weighted by Crippen LogP contribution is 2.27. The summed E-state index contributed by atoms with van der Waals surface area (Å²) in [5, 5.41) is 29.2. The van der Waals surface area contributed by atoms with E-state index in [1.807, 2.05) is 36.4 Å². The molecule has 0 radical (unpaired) electrons. The van der Waals surface area contributed by atoms with E-state index < -0.39 is 5.60 Å². The number of aromatic nitrogens is 4. The van der Waals surface area contributed by atoms with Crippen LogP contribution < -0.4 is 10.1 Å². The molecule has 3 aromatic rings. The summed E-state index contributed by atoms with van der Waals surface area (Å²) >= 11 is 5.97. The Hall–Kier alpha value is -2.52. The molecule has 0 aliphatic carbocycles. The zero-order chi connectivity index (χ0) is 22.4. The van der Waals surface area contributed by atoms with E-state index in [2.05, 4.69) is 43.0 Å². The van der Waals surface area contributed by atoms with Crippen molar-refractivity contribution in [3.63, 3.8) is 0 Å². The third kappa shape index (κ3) is 6.26. The molecule has 2 aromatic carbocycles. The number of rotatable bonds is 9. The third-order valence-electron chi connectivity index (χ3n) is 5.69. The minimum atomic E-state index is -1.01. The average molecular weight is 457 g/mol. The SMILES string of the molecule is C[C@](O)(CNC1CCN(Cc2ccc(Cl)cc2)CC1)COc1ccccc1-c1nn[nH]n1. The lowest BCUT2D eigenvalue weighted by atomic mass is 10.0. The molecule has 1 aliphatic rings. The second-order valence-electron chi connectivity index (χ2n) is 8.57. The molecule has 1 aromatic heterocycles. The first kappa shape index (κ1) is 22.7. The summed E-state index contributed by atoms with van der Waals surface area (Å²) < 4.78 is 5.93. The fourth-order valence-electron chi connectivity index (χ4n) is 3.84. The van der Waals surface area contributed by atoms with Crippen LogP contribution in [-0.2, 0) is 6.54 Å². The van der Waals surface area contributed by atoms with Crippen LogP contribution in [0.2, 0.25) is 5.02 Å². The Morgan fingerprint density at radius 2 is 1.94 bits per heavy atom. The fraction of sp³-hybridized carbons (Fsp3) is 0.435. The van der Waals surface area contributed by atoms with Gasteiger partial charge < -0.3 is 15.2 Å². The molecule has 170 valence electrons. The van der Waals surface area contributed by atoms with Crippen molar-refractivity contribution in [3.05, 3.63) is 59.1 Å². The van der Waals surface area contributed by atoms with Gasteiger partial charge in [-0.25, -0.2) is 0 Å². The lowest BCUT2D eigenvalue weighted by Gasteiger charge is -2.34. The lowest BCUT2D eigenvalue weighted by molar-refractivity contribution is 0.00832. The van der Waals surface area contributed by atoms with Crippen molar-refractivity contribution < 1.29 is 9.84 Å². The number of ether oxygens (including phenoxy) is 1. The van der Waals surface area contributed by atoms with E-state index in [-0.39, 0.29) is 6.61 Å². The summed E-state index contributed by atoms with van der Waals surface area (Å²) in [4.78, 5) is 2.46. The van der Waals surface area contributed by atoms with Crippen molar-refractivity contribution in [1.82, 2.24) is 30.8 Å². The van der Waals surface area contributed by atoms with E-state index in [9.17, 15) is 5.11 Å². The molecule has 0 spiro atoms. The second-order valence-corrected chi connectivity index (χ2v) is 9.01. The van der Waals surface area contributed by atoms with Gasteiger partial charge in [-0.05, 0) is 67.9 Å². The first-order chi connectivity index (χ1) is 15.5. The number of hydrogen-bond donors (Lipinski definition) is 3. The molecular formula is C23H29ClN6O2. The normalized spacial score (nSPS) is 17.2. The molecule has 32 heavy (non-hydrogen) atoms. The lowest BCUT2D eigenvalue weighted by Crippen LogP contribution is -2.49. The quantitative estimate of drug-likeness (QED) is 0.455. The van der Waals surface area contributed by atoms with Crippen LogP contribution in [-0.4, -0.2) is 68.5 Å². The average Bonchev–Trinajstić information content (AvgIpc) is 3.34. The first-order valence-corrected chi connectivity index (χ1v) is 11.2. The molecule has 3 N–H and O–H groups in total. The van der Waals surface area contributed by atoms with E-state index >= 15 is 0 Å². The number of likely N-dealkylation sites (tertiary alicyclic amines) is 1. The van der Waals surface area contributed by atoms with Crippen molar-refractivity contribution in [1.29, 1.82) is 0 Å². The van der Waals surface area contributed by atoms with Gasteiger partial charge in [0.15, 0.2) is 0 Å². The molecule has 2 heterocycles. The topological polar surface area (TPSA) is 99.2 Å². The molecule has 1 fully saturated rings. The van der Waals surface area contributed by atoms with Crippen LogP contribution in [0, 0.1) is 0 Å². The molecule has 8 nitrogen and oxygen atoms in total. The zero-order valence-corrected chi connectivity index (χ0v) is 18.9. The van der Waals surface area contributed by atoms with Gasteiger partial charge >= 0.3 is 0 Å². The number of hydrogen-bond acceptors (Lipinski definition) is 7. The van der Waals surface area contributed by atoms with Crippen LogP contribution in [0.5, 0.6) is 5.75 Å². The van der Waals surface area contributed by atoms with Crippen LogP contribution >= 0.6 is 11.6 Å². The minimum absolute atomic E-state index is 0.157. The van der Waals surface area contributed by atoms with Gasteiger partial charge in [0.1, 0.15) is 18.0 Å². The van der Waals surface area contributed by atoms with Crippen molar-refractivity contribution >= 4 is 11.6 Å². The Balaban J connectivity index is 1.22. The maximum Gasteiger partial charge on any atom is 0.208 e. The monoisotopic (exact) mass is 456 g/mol. The number of nitrogens with zero attached hydrogens (tertiary/aromatic N) is 4. The standard InChI is InChI=1S/C23H29ClN6O2/c1-23(31,16-32-21-5-3-2-4-20(21)22-26-28-29-27-22)15-25-19-10-12-30(13-11-19)14-17-6-8-18(24)9-7-17/h2-9,19,25,31H,10-16H2,1H3,(H,26,27,28,29)/t23-/m0/s1. The predicted octanol–water partition coefficient (Wildman–Crippen LogP) is 2.90. The summed E-state index contributed by atoms with van der Waals surface area (Å²) in [6.45, 7) is 5.39. The maximum atomic E-state index is 10.8.